The molecule has 0 radical (unpaired) electrons. The number of anilines is 1. The van der Waals surface area contributed by atoms with Crippen LogP contribution >= 0.6 is 0 Å². The molecule has 1 fully saturated rings. The molecule has 0 saturated carbocycles. The summed E-state index contributed by atoms with van der Waals surface area (Å²) in [6.45, 7) is 1.65. The Morgan fingerprint density at radius 1 is 1.45 bits per heavy atom. The number of carboxylic acids is 1. The zero-order valence-electron chi connectivity index (χ0n) is 11.1. The highest BCUT2D eigenvalue weighted by molar-refractivity contribution is 5.95. The molecule has 108 valence electrons. The van der Waals surface area contributed by atoms with Crippen molar-refractivity contribution < 1.29 is 19.4 Å². The minimum absolute atomic E-state index is 0.0788. The number of nitrogens with one attached hydrogen (secondary N) is 2. The fourth-order valence-corrected chi connectivity index (χ4v) is 2.02. The van der Waals surface area contributed by atoms with E-state index in [4.69, 9.17) is 9.84 Å². The van der Waals surface area contributed by atoms with Crippen molar-refractivity contribution in [1.29, 1.82) is 0 Å². The highest BCUT2D eigenvalue weighted by atomic mass is 16.5. The van der Waals surface area contributed by atoms with Crippen molar-refractivity contribution in [3.63, 3.8) is 0 Å². The maximum Gasteiger partial charge on any atom is 0.303 e. The largest absolute Gasteiger partial charge is 0.481 e. The smallest absolute Gasteiger partial charge is 0.303 e. The molecule has 1 aliphatic rings. The van der Waals surface area contributed by atoms with Crippen LogP contribution in [0.4, 0.5) is 5.69 Å². The molecular formula is C14H18N2O4. The summed E-state index contributed by atoms with van der Waals surface area (Å²) in [5, 5.41) is 14.6. The van der Waals surface area contributed by atoms with E-state index in [-0.39, 0.29) is 18.4 Å². The van der Waals surface area contributed by atoms with Crippen LogP contribution in [-0.2, 0) is 20.7 Å². The highest BCUT2D eigenvalue weighted by Crippen LogP contribution is 2.13. The van der Waals surface area contributed by atoms with Gasteiger partial charge < -0.3 is 20.5 Å². The van der Waals surface area contributed by atoms with Crippen LogP contribution in [0.1, 0.15) is 12.0 Å². The number of hydrogen-bond acceptors (Lipinski definition) is 4. The van der Waals surface area contributed by atoms with Gasteiger partial charge in [0.15, 0.2) is 0 Å². The predicted octanol–water partition coefficient (Wildman–Crippen LogP) is 0.631. The third kappa shape index (κ3) is 4.32. The number of aliphatic carboxylic acids is 1. The molecule has 1 atom stereocenters. The van der Waals surface area contributed by atoms with Gasteiger partial charge in [0.25, 0.3) is 0 Å². The number of rotatable bonds is 5. The van der Waals surface area contributed by atoms with Gasteiger partial charge in [0.2, 0.25) is 5.91 Å². The van der Waals surface area contributed by atoms with Crippen molar-refractivity contribution in [1.82, 2.24) is 5.32 Å². The maximum absolute atomic E-state index is 12.0. The van der Waals surface area contributed by atoms with Gasteiger partial charge in [-0.15, -0.1) is 0 Å². The minimum Gasteiger partial charge on any atom is -0.481 e. The van der Waals surface area contributed by atoms with Crippen molar-refractivity contribution in [2.75, 3.05) is 25.1 Å². The van der Waals surface area contributed by atoms with Gasteiger partial charge in [0, 0.05) is 18.7 Å². The van der Waals surface area contributed by atoms with E-state index in [9.17, 15) is 9.59 Å². The molecule has 1 aliphatic heterocycles. The van der Waals surface area contributed by atoms with Gasteiger partial charge in [-0.05, 0) is 24.1 Å². The number of carbonyl (C=O) groups is 2. The third-order valence-corrected chi connectivity index (χ3v) is 3.06. The molecule has 1 amide bonds. The normalized spacial score (nSPS) is 18.5. The Hall–Kier alpha value is -1.92. The molecule has 1 aromatic rings. The monoisotopic (exact) mass is 278 g/mol. The molecule has 20 heavy (non-hydrogen) atoms. The highest BCUT2D eigenvalue weighted by Gasteiger charge is 2.21. The van der Waals surface area contributed by atoms with E-state index in [0.29, 0.717) is 31.9 Å². The second kappa shape index (κ2) is 7.02. The summed E-state index contributed by atoms with van der Waals surface area (Å²) >= 11 is 0. The SMILES string of the molecule is O=C(O)CCc1cccc(NC(=O)C2COCCN2)c1. The molecule has 0 aliphatic carbocycles. The van der Waals surface area contributed by atoms with Crippen LogP contribution in [0.3, 0.4) is 0 Å². The average molecular weight is 278 g/mol. The molecule has 0 bridgehead atoms. The summed E-state index contributed by atoms with van der Waals surface area (Å²) in [5.41, 5.74) is 1.56. The number of amides is 1. The van der Waals surface area contributed by atoms with E-state index < -0.39 is 5.97 Å². The second-order valence-electron chi connectivity index (χ2n) is 4.66. The Morgan fingerprint density at radius 2 is 2.30 bits per heavy atom. The van der Waals surface area contributed by atoms with Gasteiger partial charge in [-0.2, -0.15) is 0 Å². The second-order valence-corrected chi connectivity index (χ2v) is 4.66. The van der Waals surface area contributed by atoms with Crippen LogP contribution < -0.4 is 10.6 Å². The lowest BCUT2D eigenvalue weighted by Crippen LogP contribution is -2.48. The Balaban J connectivity index is 1.93. The number of ether oxygens (including phenoxy) is 1. The molecule has 0 aromatic heterocycles. The van der Waals surface area contributed by atoms with E-state index in [1.807, 2.05) is 6.07 Å². The van der Waals surface area contributed by atoms with Crippen LogP contribution in [0.25, 0.3) is 0 Å². The Labute approximate surface area is 117 Å². The van der Waals surface area contributed by atoms with Crippen LogP contribution in [0, 0.1) is 0 Å². The van der Waals surface area contributed by atoms with Gasteiger partial charge in [0.1, 0.15) is 6.04 Å². The lowest BCUT2D eigenvalue weighted by Gasteiger charge is -2.23. The molecule has 0 spiro atoms. The summed E-state index contributed by atoms with van der Waals surface area (Å²) < 4.78 is 5.24. The fraction of sp³-hybridized carbons (Fsp3) is 0.429. The number of carbonyl (C=O) groups excluding carboxylic acids is 1. The Bertz CT molecular complexity index is 484. The topological polar surface area (TPSA) is 87.7 Å². The van der Waals surface area contributed by atoms with E-state index >= 15 is 0 Å². The van der Waals surface area contributed by atoms with Gasteiger partial charge >= 0.3 is 5.97 Å². The Morgan fingerprint density at radius 3 is 3.00 bits per heavy atom. The van der Waals surface area contributed by atoms with Gasteiger partial charge in [0.05, 0.1) is 13.2 Å². The number of carboxylic acid groups (broad SMARTS) is 1. The molecule has 3 N–H and O–H groups in total. The first kappa shape index (κ1) is 14.5. The minimum atomic E-state index is -0.831. The summed E-state index contributed by atoms with van der Waals surface area (Å²) in [7, 11) is 0. The molecular weight excluding hydrogens is 260 g/mol. The summed E-state index contributed by atoms with van der Waals surface area (Å²) in [6, 6.07) is 6.89. The molecule has 6 heteroatoms. The molecule has 1 heterocycles. The van der Waals surface area contributed by atoms with E-state index in [1.165, 1.54) is 0 Å². The van der Waals surface area contributed by atoms with E-state index in [0.717, 1.165) is 5.56 Å². The van der Waals surface area contributed by atoms with Crippen molar-refractivity contribution in [3.8, 4) is 0 Å². The van der Waals surface area contributed by atoms with Crippen LogP contribution in [0.2, 0.25) is 0 Å². The van der Waals surface area contributed by atoms with Crippen molar-refractivity contribution in [2.45, 2.75) is 18.9 Å². The number of benzene rings is 1. The predicted molar refractivity (Wildman–Crippen MR) is 73.6 cm³/mol. The summed E-state index contributed by atoms with van der Waals surface area (Å²) in [4.78, 5) is 22.5. The number of hydrogen-bond donors (Lipinski definition) is 3. The first-order chi connectivity index (χ1) is 9.65. The molecule has 2 rings (SSSR count). The first-order valence-electron chi connectivity index (χ1n) is 6.58. The van der Waals surface area contributed by atoms with Crippen LogP contribution in [-0.4, -0.2) is 42.8 Å². The zero-order chi connectivity index (χ0) is 14.4. The summed E-state index contributed by atoms with van der Waals surface area (Å²) in [6.07, 6.45) is 0.527. The summed E-state index contributed by atoms with van der Waals surface area (Å²) in [5.74, 6) is -0.969. The molecule has 1 unspecified atom stereocenters. The van der Waals surface area contributed by atoms with Gasteiger partial charge in [-0.3, -0.25) is 9.59 Å². The fourth-order valence-electron chi connectivity index (χ4n) is 2.02. The lowest BCUT2D eigenvalue weighted by molar-refractivity contribution is -0.137. The third-order valence-electron chi connectivity index (χ3n) is 3.06. The van der Waals surface area contributed by atoms with Gasteiger partial charge in [-0.1, -0.05) is 12.1 Å². The van der Waals surface area contributed by atoms with Crippen LogP contribution in [0.15, 0.2) is 24.3 Å². The molecule has 6 nitrogen and oxygen atoms in total. The van der Waals surface area contributed by atoms with E-state index in [1.54, 1.807) is 18.2 Å². The van der Waals surface area contributed by atoms with Gasteiger partial charge in [-0.25, -0.2) is 0 Å². The standard InChI is InChI=1S/C14H18N2O4/c17-13(18)5-4-10-2-1-3-11(8-10)16-14(19)12-9-20-7-6-15-12/h1-3,8,12,15H,4-7,9H2,(H,16,19)(H,17,18). The van der Waals surface area contributed by atoms with Crippen LogP contribution in [0.5, 0.6) is 0 Å². The number of aryl methyl sites for hydroxylation is 1. The first-order valence-corrected chi connectivity index (χ1v) is 6.58. The Kier molecular flexibility index (Phi) is 5.09. The number of morpholine rings is 1. The maximum atomic E-state index is 12.0. The molecule has 1 aromatic carbocycles. The van der Waals surface area contributed by atoms with Crippen molar-refractivity contribution in [3.05, 3.63) is 29.8 Å². The molecule has 1 saturated heterocycles. The zero-order valence-corrected chi connectivity index (χ0v) is 11.1. The van der Waals surface area contributed by atoms with Crippen molar-refractivity contribution in [2.24, 2.45) is 0 Å². The van der Waals surface area contributed by atoms with E-state index in [2.05, 4.69) is 10.6 Å². The lowest BCUT2D eigenvalue weighted by atomic mass is 10.1. The van der Waals surface area contributed by atoms with Crippen molar-refractivity contribution >= 4 is 17.6 Å². The average Bonchev–Trinajstić information content (AvgIpc) is 2.46. The quantitative estimate of drug-likeness (QED) is 0.735.